The van der Waals surface area contributed by atoms with Crippen molar-refractivity contribution in [3.05, 3.63) is 93.7 Å². The summed E-state index contributed by atoms with van der Waals surface area (Å²) in [4.78, 5) is 17.9. The maximum Gasteiger partial charge on any atom is 0.0658 e. The van der Waals surface area contributed by atoms with Crippen molar-refractivity contribution < 1.29 is 0 Å². The Balaban J connectivity index is 1.48. The van der Waals surface area contributed by atoms with E-state index in [1.165, 1.54) is 38.5 Å². The van der Waals surface area contributed by atoms with Crippen LogP contribution in [0.4, 0.5) is 0 Å². The van der Waals surface area contributed by atoms with Gasteiger partial charge < -0.3 is 9.55 Å². The molecule has 0 fully saturated rings. The molecule has 6 heterocycles. The fraction of sp³-hybridized carbons (Fsp3) is 0.242. The molecule has 4 aromatic heterocycles. The number of hydrogen-bond acceptors (Lipinski definition) is 3. The molecule has 0 saturated heterocycles. The van der Waals surface area contributed by atoms with E-state index in [4.69, 9.17) is 15.0 Å². The minimum absolute atomic E-state index is 0.911. The summed E-state index contributed by atoms with van der Waals surface area (Å²) in [7, 11) is 0. The molecule has 6 rings (SSSR count). The van der Waals surface area contributed by atoms with E-state index in [0.29, 0.717) is 0 Å². The summed E-state index contributed by atoms with van der Waals surface area (Å²) >= 11 is 3.84. The minimum Gasteiger partial charge on any atom is -0.355 e. The average Bonchev–Trinajstić information content (AvgIpc) is 3.72. The molecule has 39 heavy (non-hydrogen) atoms. The van der Waals surface area contributed by atoms with E-state index < -0.39 is 0 Å². The van der Waals surface area contributed by atoms with Gasteiger partial charge in [-0.25, -0.2) is 9.97 Å². The lowest BCUT2D eigenvalue weighted by Crippen LogP contribution is -1.98. The van der Waals surface area contributed by atoms with Crippen LogP contribution in [0.1, 0.15) is 73.9 Å². The summed E-state index contributed by atoms with van der Waals surface area (Å²) in [5.41, 5.74) is 9.99. The Morgan fingerprint density at radius 3 is 2.08 bits per heavy atom. The van der Waals surface area contributed by atoms with Crippen molar-refractivity contribution in [3.8, 4) is 5.69 Å². The van der Waals surface area contributed by atoms with Gasteiger partial charge >= 0.3 is 0 Å². The van der Waals surface area contributed by atoms with Crippen molar-refractivity contribution in [3.63, 3.8) is 0 Å². The Labute approximate surface area is 237 Å². The molecule has 1 N–H and O–H groups in total. The molecule has 2 aliphatic heterocycles. The number of halogens is 1. The average molecular weight is 579 g/mol. The number of aromatic nitrogens is 5. The number of nitrogens with zero attached hydrogens (tertiary/aromatic N) is 4. The number of unbranched alkanes of at least 4 members (excludes halogenated alkanes) is 5. The van der Waals surface area contributed by atoms with Crippen molar-refractivity contribution in [2.75, 3.05) is 0 Å². The van der Waals surface area contributed by atoms with E-state index in [2.05, 4.69) is 111 Å². The third-order valence-electron chi connectivity index (χ3n) is 7.15. The van der Waals surface area contributed by atoms with Gasteiger partial charge in [0, 0.05) is 38.6 Å². The molecule has 8 bridgehead atoms. The van der Waals surface area contributed by atoms with E-state index in [-0.39, 0.29) is 0 Å². The molecule has 0 aromatic carbocycles. The lowest BCUT2D eigenvalue weighted by atomic mass is 10.1. The number of pyridine rings is 1. The Kier molecular flexibility index (Phi) is 7.55. The molecule has 0 spiro atoms. The van der Waals surface area contributed by atoms with Crippen LogP contribution in [0.15, 0.2) is 65.3 Å². The number of H-pyrrole nitrogens is 1. The van der Waals surface area contributed by atoms with Gasteiger partial charge in [0.25, 0.3) is 0 Å². The molecule has 2 aliphatic rings. The topological polar surface area (TPSA) is 59.4 Å². The molecule has 6 heteroatoms. The first kappa shape index (κ1) is 25.5. The number of fused-ring (bicyclic) bond motifs is 8. The van der Waals surface area contributed by atoms with Crippen molar-refractivity contribution in [1.82, 2.24) is 24.5 Å². The summed E-state index contributed by atoms with van der Waals surface area (Å²) in [5.74, 6) is 0. The molecule has 196 valence electrons. The van der Waals surface area contributed by atoms with Gasteiger partial charge in [-0.3, -0.25) is 4.98 Å². The summed E-state index contributed by atoms with van der Waals surface area (Å²) in [6.07, 6.45) is 18.8. The van der Waals surface area contributed by atoms with Gasteiger partial charge in [0.1, 0.15) is 0 Å². The quantitative estimate of drug-likeness (QED) is 0.183. The molecular formula is C33H32BrN5. The van der Waals surface area contributed by atoms with Gasteiger partial charge in [0.2, 0.25) is 0 Å². The van der Waals surface area contributed by atoms with Crippen LogP contribution in [-0.2, 0) is 6.42 Å². The normalized spacial score (nSPS) is 12.4. The fourth-order valence-electron chi connectivity index (χ4n) is 5.19. The molecule has 4 aromatic rings. The van der Waals surface area contributed by atoms with E-state index >= 15 is 0 Å². The maximum atomic E-state index is 4.87. The highest BCUT2D eigenvalue weighted by molar-refractivity contribution is 9.10. The van der Waals surface area contributed by atoms with Crippen LogP contribution < -0.4 is 0 Å². The summed E-state index contributed by atoms with van der Waals surface area (Å²) in [5, 5.41) is 0. The minimum atomic E-state index is 0.911. The van der Waals surface area contributed by atoms with Gasteiger partial charge in [-0.1, -0.05) is 39.0 Å². The van der Waals surface area contributed by atoms with E-state index in [1.807, 2.05) is 6.20 Å². The zero-order chi connectivity index (χ0) is 26.6. The highest BCUT2D eigenvalue weighted by atomic mass is 79.9. The highest BCUT2D eigenvalue weighted by Crippen LogP contribution is 2.30. The van der Waals surface area contributed by atoms with Gasteiger partial charge in [-0.2, -0.15) is 0 Å². The predicted molar refractivity (Wildman–Crippen MR) is 166 cm³/mol. The largest absolute Gasteiger partial charge is 0.355 e. The van der Waals surface area contributed by atoms with Crippen LogP contribution in [0.2, 0.25) is 0 Å². The van der Waals surface area contributed by atoms with Gasteiger partial charge in [0.05, 0.1) is 28.3 Å². The molecule has 5 nitrogen and oxygen atoms in total. The van der Waals surface area contributed by atoms with Crippen molar-refractivity contribution in [2.24, 2.45) is 0 Å². The van der Waals surface area contributed by atoms with Crippen molar-refractivity contribution in [2.45, 2.75) is 51.9 Å². The SMILES string of the molecule is CCCCCCCCc1cc(-n2c3cc4nc(cc5ccc(cc6nc(cc2c(Br)c3)C=C6)[nH]5)C=C4)ccn1. The third-order valence-corrected chi connectivity index (χ3v) is 7.78. The number of rotatable bonds is 8. The Morgan fingerprint density at radius 1 is 0.718 bits per heavy atom. The lowest BCUT2D eigenvalue weighted by Gasteiger charge is -2.09. The molecule has 0 aliphatic carbocycles. The Hall–Kier alpha value is -3.77. The maximum absolute atomic E-state index is 4.87. The summed E-state index contributed by atoms with van der Waals surface area (Å²) < 4.78 is 3.28. The number of aryl methyl sites for hydroxylation is 1. The highest BCUT2D eigenvalue weighted by Gasteiger charge is 2.11. The van der Waals surface area contributed by atoms with E-state index in [1.54, 1.807) is 0 Å². The van der Waals surface area contributed by atoms with Crippen LogP contribution in [-0.4, -0.2) is 24.5 Å². The molecule has 0 amide bonds. The Morgan fingerprint density at radius 2 is 1.36 bits per heavy atom. The van der Waals surface area contributed by atoms with Gasteiger partial charge in [0.15, 0.2) is 0 Å². The second kappa shape index (κ2) is 11.5. The first-order valence-corrected chi connectivity index (χ1v) is 14.7. The van der Waals surface area contributed by atoms with Gasteiger partial charge in [-0.05, 0) is 108 Å². The van der Waals surface area contributed by atoms with E-state index in [9.17, 15) is 0 Å². The van der Waals surface area contributed by atoms with Crippen LogP contribution in [0.25, 0.3) is 52.1 Å². The van der Waals surface area contributed by atoms with Crippen LogP contribution in [0, 0.1) is 0 Å². The zero-order valence-electron chi connectivity index (χ0n) is 22.2. The van der Waals surface area contributed by atoms with E-state index in [0.717, 1.165) is 67.1 Å². The molecule has 0 saturated carbocycles. The molecular weight excluding hydrogens is 546 g/mol. The zero-order valence-corrected chi connectivity index (χ0v) is 23.8. The van der Waals surface area contributed by atoms with Gasteiger partial charge in [-0.15, -0.1) is 0 Å². The molecule has 0 atom stereocenters. The lowest BCUT2D eigenvalue weighted by molar-refractivity contribution is 0.604. The van der Waals surface area contributed by atoms with Crippen molar-refractivity contribution >= 4 is 62.3 Å². The predicted octanol–water partition coefficient (Wildman–Crippen LogP) is 9.18. The standard InChI is InChI=1S/C33H32BrN5/c1-2-3-4-5-6-7-8-23-19-30(15-16-35-23)39-31-20-28-13-11-26(37-28)17-24-9-10-25(36-24)18-27-12-14-29(38-27)21-33(39)32(34)22-31/h9-22,36H,2-8H2,1H3. The number of hydrogen-bond donors (Lipinski definition) is 1. The second-order valence-corrected chi connectivity index (χ2v) is 11.1. The summed E-state index contributed by atoms with van der Waals surface area (Å²) in [6, 6.07) is 19.0. The van der Waals surface area contributed by atoms with Crippen molar-refractivity contribution in [1.29, 1.82) is 0 Å². The first-order chi connectivity index (χ1) is 19.1. The first-order valence-electron chi connectivity index (χ1n) is 13.9. The van der Waals surface area contributed by atoms with Crippen LogP contribution in [0.5, 0.6) is 0 Å². The number of aromatic amines is 1. The fourth-order valence-corrected chi connectivity index (χ4v) is 5.71. The summed E-state index contributed by atoms with van der Waals surface area (Å²) in [6.45, 7) is 2.26. The third kappa shape index (κ3) is 5.96. The molecule has 0 radical (unpaired) electrons. The van der Waals surface area contributed by atoms with Crippen LogP contribution in [0.3, 0.4) is 0 Å². The smallest absolute Gasteiger partial charge is 0.0658 e. The second-order valence-electron chi connectivity index (χ2n) is 10.2. The van der Waals surface area contributed by atoms with Crippen LogP contribution >= 0.6 is 15.9 Å². The molecule has 0 unspecified atom stereocenters. The number of nitrogens with one attached hydrogen (secondary N) is 1. The Bertz CT molecular complexity index is 1720. The monoisotopic (exact) mass is 577 g/mol.